The van der Waals surface area contributed by atoms with E-state index in [1.54, 1.807) is 6.20 Å². The van der Waals surface area contributed by atoms with Gasteiger partial charge in [-0.1, -0.05) is 0 Å². The van der Waals surface area contributed by atoms with Crippen LogP contribution >= 0.6 is 11.3 Å². The van der Waals surface area contributed by atoms with E-state index >= 15 is 0 Å². The Balaban J connectivity index is 1.66. The summed E-state index contributed by atoms with van der Waals surface area (Å²) in [7, 11) is 0. The zero-order valence-corrected chi connectivity index (χ0v) is 15.3. The Bertz CT molecular complexity index is 975. The van der Waals surface area contributed by atoms with Crippen LogP contribution in [0.3, 0.4) is 0 Å². The second-order valence-corrected chi connectivity index (χ2v) is 7.39. The van der Waals surface area contributed by atoms with Crippen molar-refractivity contribution in [2.75, 3.05) is 11.9 Å². The standard InChI is InChI=1S/C18H18FN5OS/c1-10-3-5-24(10)17(25)15-16-14(4-6-26-16)22-18(23-15)21-11(2)12-7-13(19)9-20-8-12/h4,6-11H,3,5H2,1-2H3,(H,21,22,23)/t10?,11-/m0/s1. The van der Waals surface area contributed by atoms with Gasteiger partial charge >= 0.3 is 0 Å². The zero-order chi connectivity index (χ0) is 18.3. The van der Waals surface area contributed by atoms with Gasteiger partial charge in [0.2, 0.25) is 5.95 Å². The van der Waals surface area contributed by atoms with E-state index in [4.69, 9.17) is 0 Å². The second kappa shape index (κ2) is 6.60. The highest BCUT2D eigenvalue weighted by Crippen LogP contribution is 2.28. The van der Waals surface area contributed by atoms with Crippen molar-refractivity contribution < 1.29 is 9.18 Å². The molecule has 1 amide bonds. The van der Waals surface area contributed by atoms with Gasteiger partial charge in [-0.3, -0.25) is 9.78 Å². The molecule has 0 aliphatic carbocycles. The number of nitrogens with one attached hydrogen (secondary N) is 1. The Kier molecular flexibility index (Phi) is 4.28. The summed E-state index contributed by atoms with van der Waals surface area (Å²) in [6.07, 6.45) is 3.77. The molecule has 2 atom stereocenters. The quantitative estimate of drug-likeness (QED) is 0.758. The normalized spacial score (nSPS) is 17.8. The number of carbonyl (C=O) groups excluding carboxylic acids is 1. The number of nitrogens with zero attached hydrogens (tertiary/aromatic N) is 4. The minimum Gasteiger partial charge on any atom is -0.348 e. The molecule has 0 bridgehead atoms. The molecule has 26 heavy (non-hydrogen) atoms. The first-order valence-corrected chi connectivity index (χ1v) is 9.34. The number of halogens is 1. The zero-order valence-electron chi connectivity index (χ0n) is 14.4. The number of thiophene rings is 1. The van der Waals surface area contributed by atoms with Gasteiger partial charge in [0.25, 0.3) is 5.91 Å². The number of amides is 1. The lowest BCUT2D eigenvalue weighted by Crippen LogP contribution is -2.49. The Morgan fingerprint density at radius 3 is 2.96 bits per heavy atom. The number of anilines is 1. The maximum atomic E-state index is 13.4. The fourth-order valence-corrected chi connectivity index (χ4v) is 3.78. The Morgan fingerprint density at radius 1 is 1.42 bits per heavy atom. The third kappa shape index (κ3) is 3.01. The molecular weight excluding hydrogens is 353 g/mol. The first-order chi connectivity index (χ1) is 12.5. The number of rotatable bonds is 4. The fourth-order valence-electron chi connectivity index (χ4n) is 2.97. The first-order valence-electron chi connectivity index (χ1n) is 8.46. The highest BCUT2D eigenvalue weighted by molar-refractivity contribution is 7.17. The molecule has 0 radical (unpaired) electrons. The third-order valence-corrected chi connectivity index (χ3v) is 5.57. The Labute approximate surface area is 154 Å². The average molecular weight is 371 g/mol. The smallest absolute Gasteiger partial charge is 0.274 e. The average Bonchev–Trinajstić information content (AvgIpc) is 3.08. The highest BCUT2D eigenvalue weighted by Gasteiger charge is 2.31. The van der Waals surface area contributed by atoms with Crippen molar-refractivity contribution in [2.24, 2.45) is 0 Å². The molecule has 3 aromatic rings. The molecule has 134 valence electrons. The monoisotopic (exact) mass is 371 g/mol. The first kappa shape index (κ1) is 16.8. The second-order valence-electron chi connectivity index (χ2n) is 6.47. The van der Waals surface area contributed by atoms with Gasteiger partial charge in [0.1, 0.15) is 5.82 Å². The van der Waals surface area contributed by atoms with Gasteiger partial charge in [-0.15, -0.1) is 11.3 Å². The Hall–Kier alpha value is -2.61. The number of fused-ring (bicyclic) bond motifs is 1. The van der Waals surface area contributed by atoms with Crippen molar-refractivity contribution in [1.29, 1.82) is 0 Å². The molecule has 4 rings (SSSR count). The summed E-state index contributed by atoms with van der Waals surface area (Å²) in [6, 6.07) is 3.28. The third-order valence-electron chi connectivity index (χ3n) is 4.66. The van der Waals surface area contributed by atoms with E-state index in [-0.39, 0.29) is 18.0 Å². The summed E-state index contributed by atoms with van der Waals surface area (Å²) in [5.41, 5.74) is 1.83. The van der Waals surface area contributed by atoms with E-state index < -0.39 is 5.82 Å². The van der Waals surface area contributed by atoms with Crippen molar-refractivity contribution in [3.05, 3.63) is 47.0 Å². The summed E-state index contributed by atoms with van der Waals surface area (Å²) in [5.74, 6) is -0.112. The van der Waals surface area contributed by atoms with Crippen LogP contribution in [0.1, 0.15) is 42.4 Å². The number of carbonyl (C=O) groups is 1. The fraction of sp³-hybridized carbons (Fsp3) is 0.333. The van der Waals surface area contributed by atoms with Gasteiger partial charge in [0.05, 0.1) is 22.5 Å². The largest absolute Gasteiger partial charge is 0.348 e. The number of pyridine rings is 1. The Morgan fingerprint density at radius 2 is 2.27 bits per heavy atom. The maximum absolute atomic E-state index is 13.4. The van der Waals surface area contributed by atoms with E-state index in [0.717, 1.165) is 29.4 Å². The molecule has 0 aromatic carbocycles. The number of likely N-dealkylation sites (tertiary alicyclic amines) is 1. The predicted octanol–water partition coefficient (Wildman–Crippen LogP) is 3.63. The van der Waals surface area contributed by atoms with Crippen LogP contribution in [0.5, 0.6) is 0 Å². The van der Waals surface area contributed by atoms with Crippen LogP contribution in [0.4, 0.5) is 10.3 Å². The molecule has 3 aromatic heterocycles. The molecule has 1 aliphatic rings. The topological polar surface area (TPSA) is 71.0 Å². The summed E-state index contributed by atoms with van der Waals surface area (Å²) in [6.45, 7) is 4.66. The van der Waals surface area contributed by atoms with Gasteiger partial charge in [-0.25, -0.2) is 14.4 Å². The van der Waals surface area contributed by atoms with E-state index in [9.17, 15) is 9.18 Å². The van der Waals surface area contributed by atoms with Gasteiger partial charge in [-0.2, -0.15) is 0 Å². The molecule has 0 spiro atoms. The molecule has 4 heterocycles. The van der Waals surface area contributed by atoms with Crippen LogP contribution < -0.4 is 5.32 Å². The van der Waals surface area contributed by atoms with Crippen molar-refractivity contribution in [2.45, 2.75) is 32.4 Å². The molecule has 8 heteroatoms. The minimum atomic E-state index is -0.395. The van der Waals surface area contributed by atoms with Crippen LogP contribution in [-0.2, 0) is 0 Å². The maximum Gasteiger partial charge on any atom is 0.274 e. The molecule has 1 unspecified atom stereocenters. The van der Waals surface area contributed by atoms with Gasteiger partial charge in [0.15, 0.2) is 5.69 Å². The SMILES string of the molecule is CC1CCN1C(=O)c1nc(N[C@@H](C)c2cncc(F)c2)nc2ccsc12. The summed E-state index contributed by atoms with van der Waals surface area (Å²) in [4.78, 5) is 27.5. The highest BCUT2D eigenvalue weighted by atomic mass is 32.1. The van der Waals surface area contributed by atoms with Crippen LogP contribution in [0.25, 0.3) is 10.2 Å². The van der Waals surface area contributed by atoms with E-state index in [0.29, 0.717) is 17.2 Å². The molecule has 6 nitrogen and oxygen atoms in total. The summed E-state index contributed by atoms with van der Waals surface area (Å²) >= 11 is 1.46. The van der Waals surface area contributed by atoms with Crippen LogP contribution in [0.2, 0.25) is 0 Å². The lowest BCUT2D eigenvalue weighted by molar-refractivity contribution is 0.0498. The van der Waals surface area contributed by atoms with Gasteiger partial charge in [0, 0.05) is 18.8 Å². The van der Waals surface area contributed by atoms with Crippen molar-refractivity contribution in [3.63, 3.8) is 0 Å². The van der Waals surface area contributed by atoms with Crippen LogP contribution in [0, 0.1) is 5.82 Å². The minimum absolute atomic E-state index is 0.0678. The van der Waals surface area contributed by atoms with Crippen LogP contribution in [0.15, 0.2) is 29.9 Å². The molecule has 1 fully saturated rings. The van der Waals surface area contributed by atoms with Gasteiger partial charge in [-0.05, 0) is 43.3 Å². The lowest BCUT2D eigenvalue weighted by Gasteiger charge is -2.38. The summed E-state index contributed by atoms with van der Waals surface area (Å²) in [5, 5.41) is 5.06. The molecule has 0 saturated carbocycles. The van der Waals surface area contributed by atoms with E-state index in [1.807, 2.05) is 30.2 Å². The van der Waals surface area contributed by atoms with Crippen molar-refractivity contribution in [1.82, 2.24) is 19.9 Å². The number of aromatic nitrogens is 3. The lowest BCUT2D eigenvalue weighted by atomic mass is 10.0. The van der Waals surface area contributed by atoms with Crippen LogP contribution in [-0.4, -0.2) is 38.3 Å². The van der Waals surface area contributed by atoms with E-state index in [2.05, 4.69) is 20.3 Å². The predicted molar refractivity (Wildman–Crippen MR) is 98.8 cm³/mol. The number of hydrogen-bond donors (Lipinski definition) is 1. The molecular formula is C18H18FN5OS. The molecule has 1 saturated heterocycles. The van der Waals surface area contributed by atoms with Crippen molar-refractivity contribution in [3.8, 4) is 0 Å². The summed E-state index contributed by atoms with van der Waals surface area (Å²) < 4.78 is 14.2. The van der Waals surface area contributed by atoms with Gasteiger partial charge < -0.3 is 10.2 Å². The number of hydrogen-bond acceptors (Lipinski definition) is 6. The molecule has 1 N–H and O–H groups in total. The van der Waals surface area contributed by atoms with E-state index in [1.165, 1.54) is 17.4 Å². The molecule has 1 aliphatic heterocycles. The van der Waals surface area contributed by atoms with Crippen molar-refractivity contribution >= 4 is 33.4 Å².